The lowest BCUT2D eigenvalue weighted by Gasteiger charge is -2.12. The van der Waals surface area contributed by atoms with Gasteiger partial charge in [-0.05, 0) is 54.6 Å². The van der Waals surface area contributed by atoms with Crippen LogP contribution in [0.5, 0.6) is 11.5 Å². The van der Waals surface area contributed by atoms with Gasteiger partial charge in [-0.25, -0.2) is 4.39 Å². The third kappa shape index (κ3) is 3.60. The minimum absolute atomic E-state index is 0.299. The van der Waals surface area contributed by atoms with Crippen LogP contribution < -0.4 is 14.8 Å². The van der Waals surface area contributed by atoms with Crippen LogP contribution in [-0.2, 0) is 0 Å². The number of fused-ring (bicyclic) bond motifs is 1. The zero-order chi connectivity index (χ0) is 20.4. The van der Waals surface area contributed by atoms with Gasteiger partial charge in [-0.15, -0.1) is 10.2 Å². The molecule has 0 unspecified atom stereocenters. The molecule has 1 N–H and O–H groups in total. The third-order valence-corrected chi connectivity index (χ3v) is 4.35. The molecule has 0 aliphatic rings. The van der Waals surface area contributed by atoms with Gasteiger partial charge in [0, 0.05) is 5.69 Å². The molecule has 0 aliphatic carbocycles. The topological polar surface area (TPSA) is 78.3 Å². The van der Waals surface area contributed by atoms with E-state index in [1.54, 1.807) is 48.5 Å². The Labute approximate surface area is 165 Å². The number of carbonyl (C=O) groups excluding carboxylic acids is 1. The lowest BCUT2D eigenvalue weighted by molar-refractivity contribution is 0.102. The highest BCUT2D eigenvalue weighted by atomic mass is 19.1. The minimum Gasteiger partial charge on any atom is -0.496 e. The summed E-state index contributed by atoms with van der Waals surface area (Å²) < 4.78 is 23.7. The molecule has 0 spiro atoms. The molecule has 4 rings (SSSR count). The van der Waals surface area contributed by atoms with Crippen molar-refractivity contribution in [1.82, 2.24) is 15.0 Å². The summed E-state index contributed by atoms with van der Waals surface area (Å²) in [6.07, 6.45) is 0. The maximum Gasteiger partial charge on any atom is 0.263 e. The number of halogens is 1. The predicted molar refractivity (Wildman–Crippen MR) is 106 cm³/mol. The Kier molecular flexibility index (Phi) is 4.82. The van der Waals surface area contributed by atoms with Crippen LogP contribution in [0.25, 0.3) is 16.7 Å². The van der Waals surface area contributed by atoms with E-state index in [4.69, 9.17) is 9.47 Å². The molecule has 3 aromatic carbocycles. The summed E-state index contributed by atoms with van der Waals surface area (Å²) in [7, 11) is 2.98. The zero-order valence-corrected chi connectivity index (χ0v) is 15.7. The molecule has 1 heterocycles. The van der Waals surface area contributed by atoms with Crippen molar-refractivity contribution in [3.05, 3.63) is 72.0 Å². The van der Waals surface area contributed by atoms with Gasteiger partial charge in [-0.3, -0.25) is 4.79 Å². The maximum atomic E-state index is 13.1. The molecule has 1 amide bonds. The van der Waals surface area contributed by atoms with E-state index in [1.807, 2.05) is 0 Å². The number of hydrogen-bond acceptors (Lipinski definition) is 5. The van der Waals surface area contributed by atoms with Gasteiger partial charge in [-0.2, -0.15) is 4.80 Å². The normalized spacial score (nSPS) is 10.7. The van der Waals surface area contributed by atoms with Crippen LogP contribution in [0.1, 0.15) is 10.4 Å². The number of aromatic nitrogens is 3. The van der Waals surface area contributed by atoms with Crippen molar-refractivity contribution in [3.8, 4) is 17.2 Å². The van der Waals surface area contributed by atoms with Gasteiger partial charge in [0.1, 0.15) is 33.9 Å². The number of amides is 1. The van der Waals surface area contributed by atoms with E-state index in [9.17, 15) is 9.18 Å². The lowest BCUT2D eigenvalue weighted by atomic mass is 10.1. The summed E-state index contributed by atoms with van der Waals surface area (Å²) in [4.78, 5) is 14.2. The van der Waals surface area contributed by atoms with Crippen molar-refractivity contribution >= 4 is 22.6 Å². The van der Waals surface area contributed by atoms with E-state index < -0.39 is 0 Å². The van der Waals surface area contributed by atoms with Crippen molar-refractivity contribution in [2.24, 2.45) is 0 Å². The van der Waals surface area contributed by atoms with E-state index in [1.165, 1.54) is 31.1 Å². The molecule has 1 aromatic heterocycles. The van der Waals surface area contributed by atoms with Crippen molar-refractivity contribution < 1.29 is 18.7 Å². The smallest absolute Gasteiger partial charge is 0.263 e. The van der Waals surface area contributed by atoms with Crippen LogP contribution in [-0.4, -0.2) is 35.1 Å². The molecule has 0 atom stereocenters. The van der Waals surface area contributed by atoms with E-state index in [0.717, 1.165) is 0 Å². The standard InChI is InChI=1S/C21H17FN4O3/c1-28-18-4-3-5-19(29-2)20(18)21(27)23-14-8-11-16-17(12-14)25-26(24-16)15-9-6-13(22)7-10-15/h3-12H,1-2H3,(H,23,27). The van der Waals surface area contributed by atoms with Gasteiger partial charge in [0.15, 0.2) is 0 Å². The highest BCUT2D eigenvalue weighted by Gasteiger charge is 2.18. The van der Waals surface area contributed by atoms with Crippen molar-refractivity contribution in [2.75, 3.05) is 19.5 Å². The molecular formula is C21H17FN4O3. The molecule has 0 fully saturated rings. The Bertz CT molecular complexity index is 1170. The molecule has 7 nitrogen and oxygen atoms in total. The first-order valence-electron chi connectivity index (χ1n) is 8.74. The highest BCUT2D eigenvalue weighted by molar-refractivity contribution is 6.08. The molecule has 0 radical (unpaired) electrons. The van der Waals surface area contributed by atoms with Crippen molar-refractivity contribution in [2.45, 2.75) is 0 Å². The van der Waals surface area contributed by atoms with E-state index in [2.05, 4.69) is 15.5 Å². The van der Waals surface area contributed by atoms with Crippen LogP contribution >= 0.6 is 0 Å². The summed E-state index contributed by atoms with van der Waals surface area (Å²) in [6.45, 7) is 0. The molecule has 0 saturated carbocycles. The largest absolute Gasteiger partial charge is 0.496 e. The van der Waals surface area contributed by atoms with Crippen LogP contribution in [0.2, 0.25) is 0 Å². The number of anilines is 1. The van der Waals surface area contributed by atoms with E-state index >= 15 is 0 Å². The zero-order valence-electron chi connectivity index (χ0n) is 15.7. The number of hydrogen-bond donors (Lipinski definition) is 1. The first kappa shape index (κ1) is 18.4. The van der Waals surface area contributed by atoms with Gasteiger partial charge in [0.2, 0.25) is 0 Å². The third-order valence-electron chi connectivity index (χ3n) is 4.35. The monoisotopic (exact) mass is 392 g/mol. The summed E-state index contributed by atoms with van der Waals surface area (Å²) in [5, 5.41) is 11.6. The van der Waals surface area contributed by atoms with E-state index in [-0.39, 0.29) is 11.7 Å². The fourth-order valence-corrected chi connectivity index (χ4v) is 2.95. The number of carbonyl (C=O) groups is 1. The summed E-state index contributed by atoms with van der Waals surface area (Å²) >= 11 is 0. The first-order chi connectivity index (χ1) is 14.1. The Morgan fingerprint density at radius 2 is 1.59 bits per heavy atom. The quantitative estimate of drug-likeness (QED) is 0.559. The number of nitrogens with zero attached hydrogens (tertiary/aromatic N) is 3. The molecule has 4 aromatic rings. The second kappa shape index (κ2) is 7.59. The second-order valence-electron chi connectivity index (χ2n) is 6.16. The Balaban J connectivity index is 1.64. The van der Waals surface area contributed by atoms with Crippen LogP contribution in [0, 0.1) is 5.82 Å². The van der Waals surface area contributed by atoms with Gasteiger partial charge >= 0.3 is 0 Å². The van der Waals surface area contributed by atoms with Crippen LogP contribution in [0.15, 0.2) is 60.7 Å². The lowest BCUT2D eigenvalue weighted by Crippen LogP contribution is -2.14. The van der Waals surface area contributed by atoms with Gasteiger partial charge in [0.25, 0.3) is 5.91 Å². The molecule has 8 heteroatoms. The summed E-state index contributed by atoms with van der Waals surface area (Å²) in [5.41, 5.74) is 2.70. The number of ether oxygens (including phenoxy) is 2. The van der Waals surface area contributed by atoms with E-state index in [0.29, 0.717) is 39.5 Å². The highest BCUT2D eigenvalue weighted by Crippen LogP contribution is 2.29. The van der Waals surface area contributed by atoms with Gasteiger partial charge in [0.05, 0.1) is 19.9 Å². The average molecular weight is 392 g/mol. The van der Waals surface area contributed by atoms with Crippen LogP contribution in [0.3, 0.4) is 0 Å². The molecular weight excluding hydrogens is 375 g/mol. The summed E-state index contributed by atoms with van der Waals surface area (Å²) in [6, 6.07) is 16.2. The fraction of sp³-hybridized carbons (Fsp3) is 0.0952. The number of benzene rings is 3. The summed E-state index contributed by atoms with van der Waals surface area (Å²) in [5.74, 6) is 0.113. The molecule has 146 valence electrons. The maximum absolute atomic E-state index is 13.1. The number of rotatable bonds is 5. The Morgan fingerprint density at radius 3 is 2.24 bits per heavy atom. The number of methoxy groups -OCH3 is 2. The predicted octanol–water partition coefficient (Wildman–Crippen LogP) is 3.83. The first-order valence-corrected chi connectivity index (χ1v) is 8.74. The Hall–Kier alpha value is -3.94. The minimum atomic E-state index is -0.371. The van der Waals surface area contributed by atoms with Crippen molar-refractivity contribution in [1.29, 1.82) is 0 Å². The van der Waals surface area contributed by atoms with Crippen LogP contribution in [0.4, 0.5) is 10.1 Å². The van der Waals surface area contributed by atoms with Gasteiger partial charge in [-0.1, -0.05) is 6.07 Å². The Morgan fingerprint density at radius 1 is 0.931 bits per heavy atom. The average Bonchev–Trinajstić information content (AvgIpc) is 3.16. The molecule has 0 aliphatic heterocycles. The SMILES string of the molecule is COc1cccc(OC)c1C(=O)Nc1ccc2nn(-c3ccc(F)cc3)nc2c1. The van der Waals surface area contributed by atoms with Crippen molar-refractivity contribution in [3.63, 3.8) is 0 Å². The fourth-order valence-electron chi connectivity index (χ4n) is 2.95. The van der Waals surface area contributed by atoms with Gasteiger partial charge < -0.3 is 14.8 Å². The molecule has 0 bridgehead atoms. The second-order valence-corrected chi connectivity index (χ2v) is 6.16. The number of nitrogens with one attached hydrogen (secondary N) is 1. The molecule has 29 heavy (non-hydrogen) atoms. The molecule has 0 saturated heterocycles.